The Balaban J connectivity index is 2.05. The standard InChI is InChI=1S/C13H13BrN2O/c1-15-8-11-4-7-13(9-16-11)17-12-5-2-10(14)3-6-12/h2-7,9,15H,8H2,1H3. The van der Waals surface area contributed by atoms with Gasteiger partial charge in [0.2, 0.25) is 0 Å². The van der Waals surface area contributed by atoms with E-state index in [1.54, 1.807) is 6.20 Å². The summed E-state index contributed by atoms with van der Waals surface area (Å²) in [6, 6.07) is 11.6. The van der Waals surface area contributed by atoms with E-state index in [-0.39, 0.29) is 0 Å². The number of ether oxygens (including phenoxy) is 1. The van der Waals surface area contributed by atoms with Crippen LogP contribution < -0.4 is 10.1 Å². The summed E-state index contributed by atoms with van der Waals surface area (Å²) >= 11 is 3.38. The molecule has 0 aliphatic heterocycles. The lowest BCUT2D eigenvalue weighted by atomic mass is 10.3. The second kappa shape index (κ2) is 5.80. The Kier molecular flexibility index (Phi) is 4.12. The molecule has 1 aromatic heterocycles. The third kappa shape index (κ3) is 3.54. The molecule has 3 nitrogen and oxygen atoms in total. The average Bonchev–Trinajstić information content (AvgIpc) is 2.35. The molecule has 0 spiro atoms. The molecule has 1 N–H and O–H groups in total. The van der Waals surface area contributed by atoms with Crippen molar-refractivity contribution < 1.29 is 4.74 Å². The van der Waals surface area contributed by atoms with E-state index in [1.807, 2.05) is 43.4 Å². The molecule has 1 aromatic carbocycles. The second-order valence-electron chi connectivity index (χ2n) is 3.57. The fourth-order valence-corrected chi connectivity index (χ4v) is 1.66. The molecule has 0 atom stereocenters. The first-order chi connectivity index (χ1) is 8.28. The summed E-state index contributed by atoms with van der Waals surface area (Å²) in [7, 11) is 1.90. The van der Waals surface area contributed by atoms with Gasteiger partial charge in [0.15, 0.2) is 0 Å². The van der Waals surface area contributed by atoms with E-state index in [4.69, 9.17) is 4.74 Å². The molecule has 0 aliphatic rings. The first-order valence-electron chi connectivity index (χ1n) is 5.31. The average molecular weight is 293 g/mol. The van der Waals surface area contributed by atoms with Crippen LogP contribution in [0.15, 0.2) is 47.1 Å². The first-order valence-corrected chi connectivity index (χ1v) is 6.10. The highest BCUT2D eigenvalue weighted by atomic mass is 79.9. The zero-order valence-corrected chi connectivity index (χ0v) is 11.1. The molecule has 0 saturated heterocycles. The van der Waals surface area contributed by atoms with Crippen molar-refractivity contribution >= 4 is 15.9 Å². The fraction of sp³-hybridized carbons (Fsp3) is 0.154. The first kappa shape index (κ1) is 12.1. The maximum absolute atomic E-state index is 5.66. The summed E-state index contributed by atoms with van der Waals surface area (Å²) < 4.78 is 6.70. The third-order valence-electron chi connectivity index (χ3n) is 2.20. The van der Waals surface area contributed by atoms with E-state index >= 15 is 0 Å². The minimum absolute atomic E-state index is 0.743. The van der Waals surface area contributed by atoms with Gasteiger partial charge in [0.05, 0.1) is 11.9 Å². The Labute approximate surface area is 109 Å². The van der Waals surface area contributed by atoms with E-state index in [9.17, 15) is 0 Å². The Morgan fingerprint density at radius 3 is 2.41 bits per heavy atom. The summed E-state index contributed by atoms with van der Waals surface area (Å²) in [5.41, 5.74) is 0.996. The van der Waals surface area contributed by atoms with Crippen molar-refractivity contribution in [2.45, 2.75) is 6.54 Å². The van der Waals surface area contributed by atoms with Crippen molar-refractivity contribution in [3.63, 3.8) is 0 Å². The Hall–Kier alpha value is -1.39. The van der Waals surface area contributed by atoms with Crippen molar-refractivity contribution in [1.29, 1.82) is 0 Å². The van der Waals surface area contributed by atoms with Gasteiger partial charge in [0.25, 0.3) is 0 Å². The van der Waals surface area contributed by atoms with Crippen LogP contribution in [0.2, 0.25) is 0 Å². The zero-order chi connectivity index (χ0) is 12.1. The fourth-order valence-electron chi connectivity index (χ4n) is 1.40. The molecule has 0 bridgehead atoms. The number of nitrogens with zero attached hydrogens (tertiary/aromatic N) is 1. The van der Waals surface area contributed by atoms with Crippen LogP contribution in [0, 0.1) is 0 Å². The molecular weight excluding hydrogens is 280 g/mol. The number of hydrogen-bond donors (Lipinski definition) is 1. The lowest BCUT2D eigenvalue weighted by Gasteiger charge is -2.06. The van der Waals surface area contributed by atoms with Gasteiger partial charge >= 0.3 is 0 Å². The molecular formula is C13H13BrN2O. The zero-order valence-electron chi connectivity index (χ0n) is 9.48. The third-order valence-corrected chi connectivity index (χ3v) is 2.73. The topological polar surface area (TPSA) is 34.1 Å². The van der Waals surface area contributed by atoms with Gasteiger partial charge in [-0.1, -0.05) is 15.9 Å². The van der Waals surface area contributed by atoms with Crippen LogP contribution in [-0.4, -0.2) is 12.0 Å². The number of aromatic nitrogens is 1. The molecule has 0 unspecified atom stereocenters. The largest absolute Gasteiger partial charge is 0.456 e. The maximum Gasteiger partial charge on any atom is 0.145 e. The molecule has 0 amide bonds. The normalized spacial score (nSPS) is 10.2. The molecule has 0 saturated carbocycles. The van der Waals surface area contributed by atoms with Gasteiger partial charge in [0, 0.05) is 11.0 Å². The number of nitrogens with one attached hydrogen (secondary N) is 1. The van der Waals surface area contributed by atoms with Crippen molar-refractivity contribution in [2.75, 3.05) is 7.05 Å². The lowest BCUT2D eigenvalue weighted by Crippen LogP contribution is -2.06. The lowest BCUT2D eigenvalue weighted by molar-refractivity contribution is 0.479. The van der Waals surface area contributed by atoms with Crippen molar-refractivity contribution in [2.24, 2.45) is 0 Å². The quantitative estimate of drug-likeness (QED) is 0.938. The molecule has 17 heavy (non-hydrogen) atoms. The number of pyridine rings is 1. The van der Waals surface area contributed by atoms with E-state index < -0.39 is 0 Å². The second-order valence-corrected chi connectivity index (χ2v) is 4.49. The van der Waals surface area contributed by atoms with Gasteiger partial charge in [-0.15, -0.1) is 0 Å². The highest BCUT2D eigenvalue weighted by Gasteiger charge is 1.98. The summed E-state index contributed by atoms with van der Waals surface area (Å²) in [4.78, 5) is 4.29. The molecule has 0 fully saturated rings. The summed E-state index contributed by atoms with van der Waals surface area (Å²) in [6.07, 6.45) is 1.73. The van der Waals surface area contributed by atoms with Gasteiger partial charge < -0.3 is 10.1 Å². The maximum atomic E-state index is 5.66. The van der Waals surface area contributed by atoms with Gasteiger partial charge in [-0.05, 0) is 43.4 Å². The van der Waals surface area contributed by atoms with Crippen molar-refractivity contribution in [3.05, 3.63) is 52.8 Å². The number of halogens is 1. The smallest absolute Gasteiger partial charge is 0.145 e. The van der Waals surface area contributed by atoms with Gasteiger partial charge in [-0.3, -0.25) is 4.98 Å². The van der Waals surface area contributed by atoms with Crippen LogP contribution in [0.25, 0.3) is 0 Å². The molecule has 2 rings (SSSR count). The monoisotopic (exact) mass is 292 g/mol. The van der Waals surface area contributed by atoms with E-state index in [0.717, 1.165) is 28.2 Å². The van der Waals surface area contributed by atoms with E-state index in [1.165, 1.54) is 0 Å². The Morgan fingerprint density at radius 2 is 1.82 bits per heavy atom. The van der Waals surface area contributed by atoms with Crippen LogP contribution in [-0.2, 0) is 6.54 Å². The number of benzene rings is 1. The summed E-state index contributed by atoms with van der Waals surface area (Å²) in [5, 5.41) is 3.05. The molecule has 2 aromatic rings. The predicted molar refractivity (Wildman–Crippen MR) is 71.2 cm³/mol. The highest BCUT2D eigenvalue weighted by Crippen LogP contribution is 2.22. The SMILES string of the molecule is CNCc1ccc(Oc2ccc(Br)cc2)cn1. The van der Waals surface area contributed by atoms with Crippen LogP contribution >= 0.6 is 15.9 Å². The minimum atomic E-state index is 0.743. The molecule has 88 valence electrons. The summed E-state index contributed by atoms with van der Waals surface area (Å²) in [6.45, 7) is 0.762. The van der Waals surface area contributed by atoms with Crippen molar-refractivity contribution in [3.8, 4) is 11.5 Å². The summed E-state index contributed by atoms with van der Waals surface area (Å²) in [5.74, 6) is 1.54. The molecule has 4 heteroatoms. The highest BCUT2D eigenvalue weighted by molar-refractivity contribution is 9.10. The van der Waals surface area contributed by atoms with Gasteiger partial charge in [0.1, 0.15) is 11.5 Å². The molecule has 0 aliphatic carbocycles. The minimum Gasteiger partial charge on any atom is -0.456 e. The van der Waals surface area contributed by atoms with Crippen LogP contribution in [0.1, 0.15) is 5.69 Å². The molecule has 0 radical (unpaired) electrons. The number of rotatable bonds is 4. The van der Waals surface area contributed by atoms with Crippen molar-refractivity contribution in [1.82, 2.24) is 10.3 Å². The van der Waals surface area contributed by atoms with Crippen LogP contribution in [0.5, 0.6) is 11.5 Å². The number of hydrogen-bond acceptors (Lipinski definition) is 3. The van der Waals surface area contributed by atoms with E-state index in [0.29, 0.717) is 0 Å². The molecule has 1 heterocycles. The Morgan fingerprint density at radius 1 is 1.12 bits per heavy atom. The Bertz CT molecular complexity index is 468. The van der Waals surface area contributed by atoms with Gasteiger partial charge in [-0.25, -0.2) is 0 Å². The van der Waals surface area contributed by atoms with Crippen LogP contribution in [0.3, 0.4) is 0 Å². The van der Waals surface area contributed by atoms with E-state index in [2.05, 4.69) is 26.2 Å². The van der Waals surface area contributed by atoms with Crippen LogP contribution in [0.4, 0.5) is 0 Å². The van der Waals surface area contributed by atoms with Gasteiger partial charge in [-0.2, -0.15) is 0 Å². The predicted octanol–water partition coefficient (Wildman–Crippen LogP) is 3.36.